The summed E-state index contributed by atoms with van der Waals surface area (Å²) >= 11 is 1.34. The molecule has 0 fully saturated rings. The number of aryl methyl sites for hydroxylation is 2. The number of carbonyl (C=O) groups excluding carboxylic acids is 2. The monoisotopic (exact) mass is 315 g/mol. The van der Waals surface area contributed by atoms with Gasteiger partial charge in [0.05, 0.1) is 11.4 Å². The standard InChI is InChI=1S/C16H17N3O2S/c1-10-8-16(18-12(3)17-10)22-9-15(21)19-14-7-5-4-6-13(14)11(2)20/h4-8H,9H2,1-3H3,(H,19,21). The van der Waals surface area contributed by atoms with E-state index in [-0.39, 0.29) is 17.4 Å². The molecule has 0 aliphatic heterocycles. The maximum Gasteiger partial charge on any atom is 0.234 e. The largest absolute Gasteiger partial charge is 0.325 e. The molecule has 0 saturated heterocycles. The van der Waals surface area contributed by atoms with Crippen molar-refractivity contribution >= 4 is 29.1 Å². The maximum absolute atomic E-state index is 12.0. The molecule has 0 aliphatic carbocycles. The molecule has 5 nitrogen and oxygen atoms in total. The van der Waals surface area contributed by atoms with Crippen molar-refractivity contribution in [2.75, 3.05) is 11.1 Å². The van der Waals surface area contributed by atoms with Gasteiger partial charge in [0.15, 0.2) is 5.78 Å². The average Bonchev–Trinajstić information content (AvgIpc) is 2.44. The van der Waals surface area contributed by atoms with Crippen LogP contribution in [0.5, 0.6) is 0 Å². The lowest BCUT2D eigenvalue weighted by molar-refractivity contribution is -0.113. The van der Waals surface area contributed by atoms with E-state index in [4.69, 9.17) is 0 Å². The molecule has 1 N–H and O–H groups in total. The number of thioether (sulfide) groups is 1. The van der Waals surface area contributed by atoms with Gasteiger partial charge in [-0.15, -0.1) is 0 Å². The van der Waals surface area contributed by atoms with Crippen molar-refractivity contribution in [3.8, 4) is 0 Å². The fourth-order valence-electron chi connectivity index (χ4n) is 1.98. The lowest BCUT2D eigenvalue weighted by Crippen LogP contribution is -2.16. The topological polar surface area (TPSA) is 72.0 Å². The van der Waals surface area contributed by atoms with Crippen molar-refractivity contribution < 1.29 is 9.59 Å². The summed E-state index contributed by atoms with van der Waals surface area (Å²) in [7, 11) is 0. The Morgan fingerprint density at radius 3 is 2.59 bits per heavy atom. The first-order chi connectivity index (χ1) is 10.5. The Bertz CT molecular complexity index is 696. The molecule has 22 heavy (non-hydrogen) atoms. The summed E-state index contributed by atoms with van der Waals surface area (Å²) in [6.07, 6.45) is 0. The summed E-state index contributed by atoms with van der Waals surface area (Å²) < 4.78 is 0. The molecule has 2 rings (SSSR count). The smallest absolute Gasteiger partial charge is 0.234 e. The number of para-hydroxylation sites is 1. The molecule has 0 bridgehead atoms. The number of hydrogen-bond donors (Lipinski definition) is 1. The van der Waals surface area contributed by atoms with E-state index in [1.165, 1.54) is 18.7 Å². The van der Waals surface area contributed by atoms with E-state index in [9.17, 15) is 9.59 Å². The van der Waals surface area contributed by atoms with Gasteiger partial charge in [-0.05, 0) is 39.0 Å². The minimum atomic E-state index is -0.174. The zero-order valence-electron chi connectivity index (χ0n) is 12.7. The van der Waals surface area contributed by atoms with Crippen molar-refractivity contribution in [3.63, 3.8) is 0 Å². The van der Waals surface area contributed by atoms with Gasteiger partial charge in [-0.25, -0.2) is 9.97 Å². The molecule has 0 radical (unpaired) electrons. The third-order valence-corrected chi connectivity index (χ3v) is 3.79. The zero-order valence-corrected chi connectivity index (χ0v) is 13.5. The van der Waals surface area contributed by atoms with Crippen LogP contribution >= 0.6 is 11.8 Å². The number of ketones is 1. The van der Waals surface area contributed by atoms with Gasteiger partial charge in [-0.1, -0.05) is 23.9 Å². The molecule has 1 aromatic heterocycles. The second-order valence-corrected chi connectivity index (χ2v) is 5.83. The number of rotatable bonds is 5. The Labute approximate surface area is 133 Å². The highest BCUT2D eigenvalue weighted by molar-refractivity contribution is 7.99. The second-order valence-electron chi connectivity index (χ2n) is 4.83. The minimum absolute atomic E-state index is 0.0781. The van der Waals surface area contributed by atoms with Crippen LogP contribution in [0, 0.1) is 13.8 Å². The van der Waals surface area contributed by atoms with Gasteiger partial charge in [0.25, 0.3) is 0 Å². The van der Waals surface area contributed by atoms with E-state index >= 15 is 0 Å². The van der Waals surface area contributed by atoms with Crippen LogP contribution in [0.15, 0.2) is 35.4 Å². The molecule has 0 atom stereocenters. The summed E-state index contributed by atoms with van der Waals surface area (Å²) in [5.41, 5.74) is 1.92. The molecular weight excluding hydrogens is 298 g/mol. The van der Waals surface area contributed by atoms with Crippen LogP contribution in [0.25, 0.3) is 0 Å². The van der Waals surface area contributed by atoms with E-state index in [1.54, 1.807) is 24.3 Å². The van der Waals surface area contributed by atoms with E-state index in [1.807, 2.05) is 19.9 Å². The van der Waals surface area contributed by atoms with E-state index in [0.29, 0.717) is 17.1 Å². The first-order valence-corrected chi connectivity index (χ1v) is 7.79. The fourth-order valence-corrected chi connectivity index (χ4v) is 2.78. The first-order valence-electron chi connectivity index (χ1n) is 6.80. The Morgan fingerprint density at radius 1 is 1.18 bits per heavy atom. The SMILES string of the molecule is CC(=O)c1ccccc1NC(=O)CSc1cc(C)nc(C)n1. The van der Waals surface area contributed by atoms with Crippen LogP contribution in [0.3, 0.4) is 0 Å². The Balaban J connectivity index is 2.00. The average molecular weight is 315 g/mol. The molecule has 0 saturated carbocycles. The van der Waals surface area contributed by atoms with Gasteiger partial charge in [-0.3, -0.25) is 9.59 Å². The molecule has 0 spiro atoms. The van der Waals surface area contributed by atoms with Gasteiger partial charge < -0.3 is 5.32 Å². The van der Waals surface area contributed by atoms with Crippen molar-refractivity contribution in [2.24, 2.45) is 0 Å². The molecule has 2 aromatic rings. The summed E-state index contributed by atoms with van der Waals surface area (Å²) in [5, 5.41) is 3.53. The summed E-state index contributed by atoms with van der Waals surface area (Å²) in [6.45, 7) is 5.19. The quantitative estimate of drug-likeness (QED) is 0.521. The number of anilines is 1. The number of aromatic nitrogens is 2. The summed E-state index contributed by atoms with van der Waals surface area (Å²) in [4.78, 5) is 32.0. The van der Waals surface area contributed by atoms with E-state index in [0.717, 1.165) is 10.7 Å². The highest BCUT2D eigenvalue weighted by atomic mass is 32.2. The van der Waals surface area contributed by atoms with Gasteiger partial charge in [0.1, 0.15) is 10.9 Å². The number of benzene rings is 1. The molecule has 6 heteroatoms. The number of nitrogens with one attached hydrogen (secondary N) is 1. The lowest BCUT2D eigenvalue weighted by atomic mass is 10.1. The van der Waals surface area contributed by atoms with Crippen LogP contribution in [0.2, 0.25) is 0 Å². The van der Waals surface area contributed by atoms with Gasteiger partial charge in [0.2, 0.25) is 5.91 Å². The summed E-state index contributed by atoms with van der Waals surface area (Å²) in [6, 6.07) is 8.81. The summed E-state index contributed by atoms with van der Waals surface area (Å²) in [5.74, 6) is 0.658. The third kappa shape index (κ3) is 4.39. The lowest BCUT2D eigenvalue weighted by Gasteiger charge is -2.09. The molecule has 1 amide bonds. The van der Waals surface area contributed by atoms with Crippen molar-refractivity contribution in [1.29, 1.82) is 0 Å². The molecule has 114 valence electrons. The Hall–Kier alpha value is -2.21. The molecule has 1 aromatic carbocycles. The first kappa shape index (κ1) is 16.2. The van der Waals surface area contributed by atoms with Crippen LogP contribution in [-0.4, -0.2) is 27.4 Å². The Kier molecular flexibility index (Phi) is 5.27. The van der Waals surface area contributed by atoms with Crippen LogP contribution in [0.4, 0.5) is 5.69 Å². The Morgan fingerprint density at radius 2 is 1.91 bits per heavy atom. The van der Waals surface area contributed by atoms with Crippen LogP contribution < -0.4 is 5.32 Å². The molecule has 0 unspecified atom stereocenters. The molecule has 1 heterocycles. The highest BCUT2D eigenvalue weighted by Gasteiger charge is 2.10. The van der Waals surface area contributed by atoms with Gasteiger partial charge in [0, 0.05) is 11.3 Å². The van der Waals surface area contributed by atoms with Crippen molar-refractivity contribution in [2.45, 2.75) is 25.8 Å². The highest BCUT2D eigenvalue weighted by Crippen LogP contribution is 2.19. The normalized spacial score (nSPS) is 10.3. The number of amides is 1. The second kappa shape index (κ2) is 7.17. The van der Waals surface area contributed by atoms with Gasteiger partial charge >= 0.3 is 0 Å². The number of nitrogens with zero attached hydrogens (tertiary/aromatic N) is 2. The third-order valence-electron chi connectivity index (χ3n) is 2.87. The van der Waals surface area contributed by atoms with Gasteiger partial charge in [-0.2, -0.15) is 0 Å². The van der Waals surface area contributed by atoms with Crippen LogP contribution in [0.1, 0.15) is 28.8 Å². The van der Waals surface area contributed by atoms with E-state index < -0.39 is 0 Å². The zero-order chi connectivity index (χ0) is 16.1. The number of carbonyl (C=O) groups is 2. The number of hydrogen-bond acceptors (Lipinski definition) is 5. The molecular formula is C16H17N3O2S. The molecule has 0 aliphatic rings. The fraction of sp³-hybridized carbons (Fsp3) is 0.250. The van der Waals surface area contributed by atoms with Crippen LogP contribution in [-0.2, 0) is 4.79 Å². The van der Waals surface area contributed by atoms with E-state index in [2.05, 4.69) is 15.3 Å². The number of Topliss-reactive ketones (excluding diaryl/α,β-unsaturated/α-hetero) is 1. The predicted octanol–water partition coefficient (Wildman–Crippen LogP) is 3.03. The maximum atomic E-state index is 12.0. The van der Waals surface area contributed by atoms with Crippen molar-refractivity contribution in [1.82, 2.24) is 9.97 Å². The predicted molar refractivity (Wildman–Crippen MR) is 87.3 cm³/mol. The van der Waals surface area contributed by atoms with Crippen molar-refractivity contribution in [3.05, 3.63) is 47.4 Å². The minimum Gasteiger partial charge on any atom is -0.325 e.